The van der Waals surface area contributed by atoms with Gasteiger partial charge < -0.3 is 9.64 Å². The first-order chi connectivity index (χ1) is 12.5. The van der Waals surface area contributed by atoms with Crippen molar-refractivity contribution in [2.24, 2.45) is 0 Å². The number of nitrogens with one attached hydrogen (secondary N) is 1. The molecular formula is C19H24N2O4S. The first-order valence-corrected chi connectivity index (χ1v) is 9.90. The summed E-state index contributed by atoms with van der Waals surface area (Å²) in [6, 6.07) is 15.6. The number of hydrogen-bond acceptors (Lipinski definition) is 4. The molecule has 0 aliphatic heterocycles. The lowest BCUT2D eigenvalue weighted by Crippen LogP contribution is -2.34. The number of hydrogen-bond donors (Lipinski definition) is 1. The van der Waals surface area contributed by atoms with Gasteiger partial charge in [0.25, 0.3) is 0 Å². The molecule has 0 atom stereocenters. The maximum Gasteiger partial charge on any atom is 0.240 e. The van der Waals surface area contributed by atoms with Crippen LogP contribution < -0.4 is 9.46 Å². The number of sulfonamides is 1. The van der Waals surface area contributed by atoms with Crippen LogP contribution in [0.25, 0.3) is 0 Å². The predicted octanol–water partition coefficient (Wildman–Crippen LogP) is 2.41. The molecule has 0 aliphatic rings. The van der Waals surface area contributed by atoms with Crippen molar-refractivity contribution in [3.05, 3.63) is 60.2 Å². The zero-order valence-corrected chi connectivity index (χ0v) is 15.8. The molecular weight excluding hydrogens is 352 g/mol. The van der Waals surface area contributed by atoms with Gasteiger partial charge >= 0.3 is 0 Å². The van der Waals surface area contributed by atoms with Crippen molar-refractivity contribution in [1.82, 2.24) is 9.62 Å². The molecule has 26 heavy (non-hydrogen) atoms. The third kappa shape index (κ3) is 5.57. The fourth-order valence-corrected chi connectivity index (χ4v) is 3.51. The summed E-state index contributed by atoms with van der Waals surface area (Å²) >= 11 is 0. The van der Waals surface area contributed by atoms with Crippen LogP contribution >= 0.6 is 0 Å². The second-order valence-electron chi connectivity index (χ2n) is 5.72. The minimum Gasteiger partial charge on any atom is -0.497 e. The van der Waals surface area contributed by atoms with Crippen molar-refractivity contribution in [3.63, 3.8) is 0 Å². The summed E-state index contributed by atoms with van der Waals surface area (Å²) < 4.78 is 31.9. The van der Waals surface area contributed by atoms with Crippen LogP contribution in [0.1, 0.15) is 18.9 Å². The first-order valence-electron chi connectivity index (χ1n) is 8.41. The van der Waals surface area contributed by atoms with E-state index < -0.39 is 10.0 Å². The molecule has 0 heterocycles. The number of carbonyl (C=O) groups excluding carboxylic acids is 1. The highest BCUT2D eigenvalue weighted by Gasteiger charge is 2.16. The molecule has 2 rings (SSSR count). The molecule has 140 valence electrons. The Hall–Kier alpha value is -2.38. The normalized spacial score (nSPS) is 11.2. The molecule has 0 saturated carbocycles. The molecule has 6 nitrogen and oxygen atoms in total. The topological polar surface area (TPSA) is 75.7 Å². The predicted molar refractivity (Wildman–Crippen MR) is 100 cm³/mol. The fraction of sp³-hybridized carbons (Fsp3) is 0.316. The van der Waals surface area contributed by atoms with E-state index in [1.54, 1.807) is 30.2 Å². The Balaban J connectivity index is 1.88. The Kier molecular flexibility index (Phi) is 7.17. The monoisotopic (exact) mass is 376 g/mol. The first kappa shape index (κ1) is 19.9. The molecule has 0 fully saturated rings. The van der Waals surface area contributed by atoms with E-state index in [1.807, 2.05) is 31.2 Å². The van der Waals surface area contributed by atoms with Gasteiger partial charge in [0.05, 0.1) is 12.0 Å². The van der Waals surface area contributed by atoms with Crippen LogP contribution in [0, 0.1) is 0 Å². The highest BCUT2D eigenvalue weighted by molar-refractivity contribution is 7.89. The second kappa shape index (κ2) is 9.35. The van der Waals surface area contributed by atoms with Gasteiger partial charge in [-0.1, -0.05) is 30.3 Å². The number of rotatable bonds is 9. The second-order valence-corrected chi connectivity index (χ2v) is 7.48. The molecule has 0 bridgehead atoms. The quantitative estimate of drug-likeness (QED) is 0.729. The summed E-state index contributed by atoms with van der Waals surface area (Å²) in [4.78, 5) is 14.3. The zero-order valence-electron chi connectivity index (χ0n) is 15.0. The van der Waals surface area contributed by atoms with Crippen LogP contribution in [-0.2, 0) is 21.4 Å². The van der Waals surface area contributed by atoms with Crippen LogP contribution in [-0.4, -0.2) is 39.4 Å². The van der Waals surface area contributed by atoms with Crippen molar-refractivity contribution < 1.29 is 17.9 Å². The molecule has 1 N–H and O–H groups in total. The van der Waals surface area contributed by atoms with Crippen molar-refractivity contribution in [2.75, 3.05) is 20.2 Å². The van der Waals surface area contributed by atoms with Gasteiger partial charge in [-0.15, -0.1) is 0 Å². The molecule has 0 spiro atoms. The van der Waals surface area contributed by atoms with Gasteiger partial charge in [0.2, 0.25) is 15.9 Å². The third-order valence-electron chi connectivity index (χ3n) is 3.95. The number of ether oxygens (including phenoxy) is 1. The van der Waals surface area contributed by atoms with Crippen molar-refractivity contribution >= 4 is 15.9 Å². The molecule has 2 aromatic carbocycles. The Morgan fingerprint density at radius 2 is 1.73 bits per heavy atom. The molecule has 0 radical (unpaired) electrons. The number of benzene rings is 2. The summed E-state index contributed by atoms with van der Waals surface area (Å²) in [7, 11) is -1.99. The van der Waals surface area contributed by atoms with E-state index >= 15 is 0 Å². The average Bonchev–Trinajstić information content (AvgIpc) is 2.67. The van der Waals surface area contributed by atoms with Crippen LogP contribution in [0.3, 0.4) is 0 Å². The summed E-state index contributed by atoms with van der Waals surface area (Å²) in [6.07, 6.45) is 0.107. The van der Waals surface area contributed by atoms with Gasteiger partial charge in [-0.2, -0.15) is 0 Å². The molecule has 0 saturated heterocycles. The zero-order chi connectivity index (χ0) is 19.0. The van der Waals surface area contributed by atoms with Gasteiger partial charge in [-0.05, 0) is 36.8 Å². The highest BCUT2D eigenvalue weighted by Crippen LogP contribution is 2.13. The summed E-state index contributed by atoms with van der Waals surface area (Å²) in [5, 5.41) is 0. The highest BCUT2D eigenvalue weighted by atomic mass is 32.2. The van der Waals surface area contributed by atoms with E-state index in [0.717, 1.165) is 11.3 Å². The van der Waals surface area contributed by atoms with Gasteiger partial charge in [-0.3, -0.25) is 4.79 Å². The van der Waals surface area contributed by atoms with Gasteiger partial charge in [0, 0.05) is 26.1 Å². The lowest BCUT2D eigenvalue weighted by Gasteiger charge is -2.21. The fourth-order valence-electron chi connectivity index (χ4n) is 2.46. The largest absolute Gasteiger partial charge is 0.497 e. The standard InChI is InChI=1S/C19H24N2O4S/c1-3-21(15-16-9-11-17(25-2)12-10-16)19(22)13-14-20-26(23,24)18-7-5-4-6-8-18/h4-12,20H,3,13-15H2,1-2H3. The summed E-state index contributed by atoms with van der Waals surface area (Å²) in [6.45, 7) is 2.99. The number of amides is 1. The number of carbonyl (C=O) groups is 1. The van der Waals surface area contributed by atoms with Gasteiger partial charge in [-0.25, -0.2) is 13.1 Å². The minimum atomic E-state index is -3.59. The molecule has 0 aliphatic carbocycles. The number of nitrogens with zero attached hydrogens (tertiary/aromatic N) is 1. The van der Waals surface area contributed by atoms with E-state index in [2.05, 4.69) is 4.72 Å². The molecule has 0 aromatic heterocycles. The summed E-state index contributed by atoms with van der Waals surface area (Å²) in [5.74, 6) is 0.664. The Labute approximate surface area is 154 Å². The molecule has 7 heteroatoms. The van der Waals surface area contributed by atoms with Crippen molar-refractivity contribution in [1.29, 1.82) is 0 Å². The van der Waals surface area contributed by atoms with E-state index in [4.69, 9.17) is 4.74 Å². The van der Waals surface area contributed by atoms with Crippen molar-refractivity contribution in [2.45, 2.75) is 24.8 Å². The maximum atomic E-state index is 12.4. The van der Waals surface area contributed by atoms with Crippen LogP contribution in [0.15, 0.2) is 59.5 Å². The van der Waals surface area contributed by atoms with E-state index in [0.29, 0.717) is 13.1 Å². The van der Waals surface area contributed by atoms with E-state index in [1.165, 1.54) is 12.1 Å². The Morgan fingerprint density at radius 3 is 2.31 bits per heavy atom. The van der Waals surface area contributed by atoms with Crippen LogP contribution in [0.5, 0.6) is 5.75 Å². The lowest BCUT2D eigenvalue weighted by molar-refractivity contribution is -0.131. The van der Waals surface area contributed by atoms with E-state index in [-0.39, 0.29) is 23.8 Å². The summed E-state index contributed by atoms with van der Waals surface area (Å²) in [5.41, 5.74) is 0.992. The Bertz CT molecular complexity index is 805. The van der Waals surface area contributed by atoms with Gasteiger partial charge in [0.15, 0.2) is 0 Å². The van der Waals surface area contributed by atoms with Crippen LogP contribution in [0.2, 0.25) is 0 Å². The van der Waals surface area contributed by atoms with Gasteiger partial charge in [0.1, 0.15) is 5.75 Å². The third-order valence-corrected chi connectivity index (χ3v) is 5.43. The van der Waals surface area contributed by atoms with E-state index in [9.17, 15) is 13.2 Å². The molecule has 1 amide bonds. The maximum absolute atomic E-state index is 12.4. The minimum absolute atomic E-state index is 0.0647. The number of methoxy groups -OCH3 is 1. The SMILES string of the molecule is CCN(Cc1ccc(OC)cc1)C(=O)CCNS(=O)(=O)c1ccccc1. The Morgan fingerprint density at radius 1 is 1.08 bits per heavy atom. The lowest BCUT2D eigenvalue weighted by atomic mass is 10.2. The average molecular weight is 376 g/mol. The van der Waals surface area contributed by atoms with Crippen LogP contribution in [0.4, 0.5) is 0 Å². The molecule has 2 aromatic rings. The van der Waals surface area contributed by atoms with Crippen molar-refractivity contribution in [3.8, 4) is 5.75 Å². The smallest absolute Gasteiger partial charge is 0.240 e. The molecule has 0 unspecified atom stereocenters.